The number of rotatable bonds is 4. The Kier molecular flexibility index (Phi) is 18.0. The van der Waals surface area contributed by atoms with E-state index < -0.39 is 5.97 Å². The number of esters is 1. The quantitative estimate of drug-likeness (QED) is 0.195. The largest absolute Gasteiger partial charge is 0.481 e. The number of hydrogen-bond donors (Lipinski definition) is 1. The van der Waals surface area contributed by atoms with Crippen LogP contribution in [0.15, 0.2) is 70.8 Å². The van der Waals surface area contributed by atoms with Crippen LogP contribution in [-0.4, -0.2) is 49.2 Å². The van der Waals surface area contributed by atoms with Crippen molar-refractivity contribution in [2.75, 3.05) is 14.2 Å². The molecule has 1 aliphatic heterocycles. The Morgan fingerprint density at radius 2 is 1.60 bits per heavy atom. The van der Waals surface area contributed by atoms with Gasteiger partial charge in [0, 0.05) is 19.3 Å². The van der Waals surface area contributed by atoms with Crippen molar-refractivity contribution in [2.24, 2.45) is 4.99 Å². The van der Waals surface area contributed by atoms with Crippen LogP contribution < -0.4 is 10.1 Å². The number of methoxy groups -OCH3 is 1. The fourth-order valence-electron chi connectivity index (χ4n) is 2.52. The maximum absolute atomic E-state index is 11.8. The maximum Gasteiger partial charge on any atom is 0.373 e. The molecule has 4 aromatic heterocycles. The zero-order chi connectivity index (χ0) is 32.2. The van der Waals surface area contributed by atoms with Gasteiger partial charge in [0.15, 0.2) is 5.70 Å². The second-order valence-electron chi connectivity index (χ2n) is 6.84. The van der Waals surface area contributed by atoms with Crippen molar-refractivity contribution in [1.29, 1.82) is 0 Å². The molecule has 1 N–H and O–H groups in total. The summed E-state index contributed by atoms with van der Waals surface area (Å²) in [7, 11) is 3.13. The van der Waals surface area contributed by atoms with Gasteiger partial charge in [0.25, 0.3) is 5.91 Å². The molecule has 0 saturated carbocycles. The first kappa shape index (κ1) is 37.1. The maximum atomic E-state index is 11.8. The number of carbonyl (C=O) groups is 2. The Labute approximate surface area is 271 Å². The lowest BCUT2D eigenvalue weighted by Gasteiger charge is -1.97. The van der Waals surface area contributed by atoms with Crippen molar-refractivity contribution >= 4 is 105 Å². The summed E-state index contributed by atoms with van der Waals surface area (Å²) in [6.07, 6.45) is 3.70. The summed E-state index contributed by atoms with van der Waals surface area (Å²) in [5.74, 6) is 0.190. The van der Waals surface area contributed by atoms with Crippen LogP contribution in [0.25, 0.3) is 6.08 Å². The van der Waals surface area contributed by atoms with Crippen molar-refractivity contribution in [1.82, 2.24) is 10.3 Å². The highest BCUT2D eigenvalue weighted by molar-refractivity contribution is 7.18. The smallest absolute Gasteiger partial charge is 0.373 e. The molecule has 0 aromatic carbocycles. The van der Waals surface area contributed by atoms with Crippen LogP contribution in [0.3, 0.4) is 0 Å². The lowest BCUT2D eigenvalue weighted by molar-refractivity contribution is -0.193. The fraction of sp³-hybridized carbons (Fsp3) is 0.0769. The number of thiophene rings is 3. The molecule has 5 heterocycles. The highest BCUT2D eigenvalue weighted by Gasteiger charge is 2.25. The summed E-state index contributed by atoms with van der Waals surface area (Å²) < 4.78 is 12.2. The molecule has 11 nitrogen and oxygen atoms in total. The number of halogens is 3. The molecule has 1 amide bonds. The molecule has 0 unspecified atom stereocenters. The summed E-state index contributed by atoms with van der Waals surface area (Å²) in [5, 5.41) is 4.45. The van der Waals surface area contributed by atoms with Crippen molar-refractivity contribution in [3.05, 3.63) is 94.1 Å². The summed E-state index contributed by atoms with van der Waals surface area (Å²) in [6, 6.07) is 14.2. The minimum absolute atomic E-state index is 0.0862. The van der Waals surface area contributed by atoms with Gasteiger partial charge in [0.2, 0.25) is 11.8 Å². The minimum Gasteiger partial charge on any atom is -0.481 e. The highest BCUT2D eigenvalue weighted by Crippen LogP contribution is 2.26. The topological polar surface area (TPSA) is 158 Å². The first-order valence-corrected chi connectivity index (χ1v) is 14.7. The third kappa shape index (κ3) is 14.2. The lowest BCUT2D eigenvalue weighted by Crippen LogP contribution is -2.15. The summed E-state index contributed by atoms with van der Waals surface area (Å²) in [5.41, 5.74) is 0.957. The van der Waals surface area contributed by atoms with Gasteiger partial charge < -0.3 is 14.8 Å². The number of aromatic nitrogens is 1. The number of carbonyl (C=O) groups excluding carboxylic acids is 6. The van der Waals surface area contributed by atoms with Gasteiger partial charge in [-0.25, -0.2) is 14.8 Å². The van der Waals surface area contributed by atoms with E-state index >= 15 is 0 Å². The van der Waals surface area contributed by atoms with E-state index in [9.17, 15) is 9.59 Å². The van der Waals surface area contributed by atoms with Gasteiger partial charge in [0.05, 0.1) is 29.9 Å². The molecule has 17 heteroatoms. The van der Waals surface area contributed by atoms with Gasteiger partial charge in [-0.1, -0.05) is 34.8 Å². The highest BCUT2D eigenvalue weighted by atomic mass is 35.5. The van der Waals surface area contributed by atoms with E-state index in [2.05, 4.69) is 15.3 Å². The Bertz CT molecular complexity index is 1580. The monoisotopic (exact) mass is 701 g/mol. The number of cyclic esters (lactones) is 1. The minimum atomic E-state index is -0.495. The number of nitrogens with one attached hydrogen (secondary N) is 1. The normalized spacial score (nSPS) is 11.6. The van der Waals surface area contributed by atoms with Crippen LogP contribution in [-0.2, 0) is 28.7 Å². The summed E-state index contributed by atoms with van der Waals surface area (Å²) in [6.45, 7) is 0. The Morgan fingerprint density at radius 1 is 0.953 bits per heavy atom. The predicted octanol–water partition coefficient (Wildman–Crippen LogP) is 6.15. The first-order valence-electron chi connectivity index (χ1n) is 11.1. The molecule has 1 aliphatic rings. The Hall–Kier alpha value is -3.97. The van der Waals surface area contributed by atoms with Crippen molar-refractivity contribution in [3.8, 4) is 5.88 Å². The van der Waals surface area contributed by atoms with Gasteiger partial charge in [0.1, 0.15) is 0 Å². The fourth-order valence-corrected chi connectivity index (χ4v) is 5.15. The molecule has 0 fully saturated rings. The Morgan fingerprint density at radius 3 is 2.02 bits per heavy atom. The number of ether oxygens (including phenoxy) is 2. The van der Waals surface area contributed by atoms with Crippen LogP contribution in [0.2, 0.25) is 13.0 Å². The average molecular weight is 703 g/mol. The van der Waals surface area contributed by atoms with E-state index in [0.717, 1.165) is 9.90 Å². The lowest BCUT2D eigenvalue weighted by atomic mass is 10.2. The van der Waals surface area contributed by atoms with Crippen molar-refractivity contribution in [3.63, 3.8) is 0 Å². The molecular formula is C26H18Cl3N3O8S3. The second-order valence-corrected chi connectivity index (χ2v) is 11.8. The SMILES string of the molecule is CNC(=O)c1ccc(Cl)s1.COc1ccc(/C=C2\N=C(c3ccc(Cl)s3)OC2=O)cn1.Clc1cccs1.O=C=O.O=C=O. The molecule has 0 bridgehead atoms. The molecular weight excluding hydrogens is 685 g/mol. The molecule has 4 aromatic rings. The molecule has 5 rings (SSSR count). The summed E-state index contributed by atoms with van der Waals surface area (Å²) >= 11 is 21.1. The third-order valence-electron chi connectivity index (χ3n) is 4.19. The first-order chi connectivity index (χ1) is 20.6. The predicted molar refractivity (Wildman–Crippen MR) is 163 cm³/mol. The molecule has 0 saturated heterocycles. The molecule has 0 aliphatic carbocycles. The molecule has 224 valence electrons. The molecule has 43 heavy (non-hydrogen) atoms. The standard InChI is InChI=1S/C14H9ClN2O3S.C6H6ClNOS.C4H3ClS.2CO2/c1-19-12-5-2-8(7-16-12)6-9-14(18)20-13(17-9)10-3-4-11(15)21-10;1-8-6(9)4-2-3-5(7)10-4;5-4-2-1-3-6-4;2*2-1-3/h2-7H,1H3;2-3H,1H3,(H,8,9);1-3H;;/b9-6-;;;;. The van der Waals surface area contributed by atoms with Gasteiger partial charge in [-0.2, -0.15) is 19.2 Å². The van der Waals surface area contributed by atoms with E-state index in [1.54, 1.807) is 67.1 Å². The average Bonchev–Trinajstić information content (AvgIpc) is 3.81. The number of amides is 1. The van der Waals surface area contributed by atoms with Gasteiger partial charge in [-0.05, 0) is 59.5 Å². The molecule has 0 spiro atoms. The van der Waals surface area contributed by atoms with E-state index in [-0.39, 0.29) is 29.8 Å². The summed E-state index contributed by atoms with van der Waals surface area (Å²) in [4.78, 5) is 64.8. The number of nitrogens with zero attached hydrogens (tertiary/aromatic N) is 2. The van der Waals surface area contributed by atoms with Gasteiger partial charge in [-0.3, -0.25) is 4.79 Å². The van der Waals surface area contributed by atoms with Crippen LogP contribution in [0.1, 0.15) is 20.1 Å². The van der Waals surface area contributed by atoms with E-state index in [1.807, 2.05) is 17.5 Å². The third-order valence-corrected chi connectivity index (χ3v) is 7.68. The van der Waals surface area contributed by atoms with Crippen molar-refractivity contribution in [2.45, 2.75) is 0 Å². The Balaban J connectivity index is 0.000000346. The zero-order valence-electron chi connectivity index (χ0n) is 21.9. The van der Waals surface area contributed by atoms with E-state index in [0.29, 0.717) is 24.3 Å². The van der Waals surface area contributed by atoms with Crippen LogP contribution in [0.5, 0.6) is 5.88 Å². The molecule has 0 radical (unpaired) electrons. The second kappa shape index (κ2) is 20.8. The van der Waals surface area contributed by atoms with Gasteiger partial charge in [-0.15, -0.1) is 34.0 Å². The van der Waals surface area contributed by atoms with Crippen LogP contribution >= 0.6 is 68.8 Å². The number of pyridine rings is 1. The van der Waals surface area contributed by atoms with E-state index in [1.165, 1.54) is 29.8 Å². The zero-order valence-corrected chi connectivity index (χ0v) is 26.6. The van der Waals surface area contributed by atoms with Crippen LogP contribution in [0, 0.1) is 0 Å². The van der Waals surface area contributed by atoms with Gasteiger partial charge >= 0.3 is 18.3 Å². The van der Waals surface area contributed by atoms with Crippen LogP contribution in [0.4, 0.5) is 0 Å². The number of aliphatic imine (C=N–C) groups is 1. The van der Waals surface area contributed by atoms with E-state index in [4.69, 9.17) is 63.5 Å². The number of hydrogen-bond acceptors (Lipinski definition) is 13. The van der Waals surface area contributed by atoms with Crippen molar-refractivity contribution < 1.29 is 38.2 Å². The molecule has 0 atom stereocenters.